The molecular formula is C18H29ClN2O. The summed E-state index contributed by atoms with van der Waals surface area (Å²) in [5, 5.41) is 3.19. The van der Waals surface area contributed by atoms with Crippen molar-refractivity contribution in [2.24, 2.45) is 23.5 Å². The molecule has 1 aliphatic carbocycles. The Morgan fingerprint density at radius 3 is 2.27 bits per heavy atom. The number of carbonyl (C=O) groups excluding carboxylic acids is 1. The molecule has 2 unspecified atom stereocenters. The Morgan fingerprint density at radius 2 is 1.82 bits per heavy atom. The molecule has 1 fully saturated rings. The maximum atomic E-state index is 12.1. The van der Waals surface area contributed by atoms with Crippen LogP contribution in [0.25, 0.3) is 0 Å². The molecule has 2 rings (SSSR count). The largest absolute Gasteiger partial charge is 0.349 e. The van der Waals surface area contributed by atoms with Gasteiger partial charge in [0.15, 0.2) is 0 Å². The van der Waals surface area contributed by atoms with E-state index in [-0.39, 0.29) is 30.3 Å². The van der Waals surface area contributed by atoms with Crippen LogP contribution in [0.15, 0.2) is 24.3 Å². The summed E-state index contributed by atoms with van der Waals surface area (Å²) < 4.78 is 0. The number of carbonyl (C=O) groups is 1. The van der Waals surface area contributed by atoms with Gasteiger partial charge in [0.05, 0.1) is 6.04 Å². The minimum Gasteiger partial charge on any atom is -0.349 e. The molecule has 0 saturated heterocycles. The fraction of sp³-hybridized carbons (Fsp3) is 0.611. The van der Waals surface area contributed by atoms with Crippen LogP contribution in [-0.2, 0) is 11.2 Å². The van der Waals surface area contributed by atoms with E-state index in [1.165, 1.54) is 24.0 Å². The SMILES string of the molecule is CC(C)Cc1ccc(C(NC(=O)C(C)CN)C2CC2)cc1.Cl. The van der Waals surface area contributed by atoms with Gasteiger partial charge in [-0.05, 0) is 42.2 Å². The van der Waals surface area contributed by atoms with Gasteiger partial charge in [-0.3, -0.25) is 4.79 Å². The number of halogens is 1. The Bertz CT molecular complexity index is 468. The number of benzene rings is 1. The van der Waals surface area contributed by atoms with Gasteiger partial charge in [-0.15, -0.1) is 12.4 Å². The summed E-state index contributed by atoms with van der Waals surface area (Å²) in [6.45, 7) is 6.74. The van der Waals surface area contributed by atoms with E-state index in [4.69, 9.17) is 5.73 Å². The monoisotopic (exact) mass is 324 g/mol. The normalized spacial score (nSPS) is 16.8. The van der Waals surface area contributed by atoms with Gasteiger partial charge in [0.2, 0.25) is 5.91 Å². The first-order valence-corrected chi connectivity index (χ1v) is 8.10. The third-order valence-electron chi connectivity index (χ3n) is 4.18. The second-order valence-corrected chi connectivity index (χ2v) is 6.80. The lowest BCUT2D eigenvalue weighted by Crippen LogP contribution is -2.36. The predicted molar refractivity (Wildman–Crippen MR) is 94.1 cm³/mol. The maximum absolute atomic E-state index is 12.1. The molecule has 1 amide bonds. The summed E-state index contributed by atoms with van der Waals surface area (Å²) in [4.78, 5) is 12.1. The number of hydrogen-bond acceptors (Lipinski definition) is 2. The second-order valence-electron chi connectivity index (χ2n) is 6.80. The minimum absolute atomic E-state index is 0. The molecule has 3 N–H and O–H groups in total. The molecule has 0 bridgehead atoms. The predicted octanol–water partition coefficient (Wildman–Crippen LogP) is 3.47. The van der Waals surface area contributed by atoms with Crippen molar-refractivity contribution in [1.82, 2.24) is 5.32 Å². The van der Waals surface area contributed by atoms with E-state index in [1.54, 1.807) is 0 Å². The second kappa shape index (κ2) is 8.54. The first-order valence-electron chi connectivity index (χ1n) is 8.10. The van der Waals surface area contributed by atoms with E-state index in [0.717, 1.165) is 6.42 Å². The number of amides is 1. The maximum Gasteiger partial charge on any atom is 0.224 e. The topological polar surface area (TPSA) is 55.1 Å². The van der Waals surface area contributed by atoms with Gasteiger partial charge >= 0.3 is 0 Å². The fourth-order valence-corrected chi connectivity index (χ4v) is 2.64. The van der Waals surface area contributed by atoms with Crippen molar-refractivity contribution < 1.29 is 4.79 Å². The zero-order chi connectivity index (χ0) is 15.4. The molecule has 3 nitrogen and oxygen atoms in total. The molecule has 2 atom stereocenters. The molecule has 1 aromatic carbocycles. The number of nitrogens with one attached hydrogen (secondary N) is 1. The van der Waals surface area contributed by atoms with E-state index in [0.29, 0.717) is 18.4 Å². The van der Waals surface area contributed by atoms with Crippen molar-refractivity contribution in [1.29, 1.82) is 0 Å². The van der Waals surface area contributed by atoms with Crippen LogP contribution < -0.4 is 11.1 Å². The summed E-state index contributed by atoms with van der Waals surface area (Å²) in [5.41, 5.74) is 8.17. The van der Waals surface area contributed by atoms with Gasteiger partial charge in [0.1, 0.15) is 0 Å². The highest BCUT2D eigenvalue weighted by Gasteiger charge is 2.33. The lowest BCUT2D eigenvalue weighted by molar-refractivity contribution is -0.125. The van der Waals surface area contributed by atoms with E-state index in [2.05, 4.69) is 43.4 Å². The molecule has 0 aromatic heterocycles. The Kier molecular flexibility index (Phi) is 7.37. The summed E-state index contributed by atoms with van der Waals surface area (Å²) in [6, 6.07) is 8.90. The summed E-state index contributed by atoms with van der Waals surface area (Å²) in [7, 11) is 0. The van der Waals surface area contributed by atoms with Crippen molar-refractivity contribution in [2.45, 2.75) is 46.1 Å². The Labute approximate surface area is 140 Å². The van der Waals surface area contributed by atoms with Crippen LogP contribution in [0.1, 0.15) is 50.8 Å². The van der Waals surface area contributed by atoms with Crippen molar-refractivity contribution in [2.75, 3.05) is 6.54 Å². The lowest BCUT2D eigenvalue weighted by Gasteiger charge is -2.21. The Morgan fingerprint density at radius 1 is 1.23 bits per heavy atom. The van der Waals surface area contributed by atoms with Crippen LogP contribution in [0.2, 0.25) is 0 Å². The molecule has 0 spiro atoms. The Hall–Kier alpha value is -1.06. The molecule has 0 heterocycles. The van der Waals surface area contributed by atoms with Crippen LogP contribution >= 0.6 is 12.4 Å². The van der Waals surface area contributed by atoms with E-state index < -0.39 is 0 Å². The van der Waals surface area contributed by atoms with Crippen molar-refractivity contribution in [3.05, 3.63) is 35.4 Å². The smallest absolute Gasteiger partial charge is 0.224 e. The fourth-order valence-electron chi connectivity index (χ4n) is 2.64. The summed E-state index contributed by atoms with van der Waals surface area (Å²) >= 11 is 0. The van der Waals surface area contributed by atoms with Gasteiger partial charge in [-0.1, -0.05) is 45.0 Å². The standard InChI is InChI=1S/C18H28N2O.ClH/c1-12(2)10-14-4-6-15(7-5-14)17(16-8-9-16)20-18(21)13(3)11-19;/h4-7,12-13,16-17H,8-11,19H2,1-3H3,(H,20,21);1H. The zero-order valence-corrected chi connectivity index (χ0v) is 14.7. The average molecular weight is 325 g/mol. The minimum atomic E-state index is -0.119. The van der Waals surface area contributed by atoms with Crippen molar-refractivity contribution in [3.8, 4) is 0 Å². The summed E-state index contributed by atoms with van der Waals surface area (Å²) in [6.07, 6.45) is 3.51. The number of rotatable bonds is 7. The molecule has 4 heteroatoms. The number of hydrogen-bond donors (Lipinski definition) is 2. The quantitative estimate of drug-likeness (QED) is 0.807. The zero-order valence-electron chi connectivity index (χ0n) is 13.8. The van der Waals surface area contributed by atoms with Gasteiger partial charge in [0.25, 0.3) is 0 Å². The highest BCUT2D eigenvalue weighted by molar-refractivity contribution is 5.85. The van der Waals surface area contributed by atoms with Gasteiger partial charge in [-0.2, -0.15) is 0 Å². The van der Waals surface area contributed by atoms with Crippen LogP contribution in [0.5, 0.6) is 0 Å². The first kappa shape index (κ1) is 19.0. The first-order chi connectivity index (χ1) is 10.0. The molecule has 0 radical (unpaired) electrons. The molecule has 124 valence electrons. The third kappa shape index (κ3) is 5.29. The molecular weight excluding hydrogens is 296 g/mol. The average Bonchev–Trinajstić information content (AvgIpc) is 3.28. The van der Waals surface area contributed by atoms with E-state index >= 15 is 0 Å². The molecule has 22 heavy (non-hydrogen) atoms. The molecule has 1 saturated carbocycles. The van der Waals surface area contributed by atoms with Crippen LogP contribution in [0.3, 0.4) is 0 Å². The van der Waals surface area contributed by atoms with Crippen LogP contribution in [0, 0.1) is 17.8 Å². The highest BCUT2D eigenvalue weighted by atomic mass is 35.5. The Balaban J connectivity index is 0.00000242. The molecule has 1 aliphatic rings. The lowest BCUT2D eigenvalue weighted by atomic mass is 9.97. The van der Waals surface area contributed by atoms with Gasteiger partial charge < -0.3 is 11.1 Å². The van der Waals surface area contributed by atoms with Crippen molar-refractivity contribution >= 4 is 18.3 Å². The number of nitrogens with two attached hydrogens (primary N) is 1. The van der Waals surface area contributed by atoms with Gasteiger partial charge in [-0.25, -0.2) is 0 Å². The van der Waals surface area contributed by atoms with Crippen LogP contribution in [0.4, 0.5) is 0 Å². The van der Waals surface area contributed by atoms with E-state index in [9.17, 15) is 4.79 Å². The molecule has 0 aliphatic heterocycles. The summed E-state index contributed by atoms with van der Waals surface area (Å²) in [5.74, 6) is 1.21. The highest BCUT2D eigenvalue weighted by Crippen LogP contribution is 2.41. The third-order valence-corrected chi connectivity index (χ3v) is 4.18. The van der Waals surface area contributed by atoms with Crippen LogP contribution in [-0.4, -0.2) is 12.5 Å². The van der Waals surface area contributed by atoms with E-state index in [1.807, 2.05) is 6.92 Å². The molecule has 1 aromatic rings. The van der Waals surface area contributed by atoms with Crippen molar-refractivity contribution in [3.63, 3.8) is 0 Å². The van der Waals surface area contributed by atoms with Gasteiger partial charge in [0, 0.05) is 12.5 Å².